The van der Waals surface area contributed by atoms with E-state index >= 15 is 0 Å². The highest BCUT2D eigenvalue weighted by Crippen LogP contribution is 2.39. The number of aromatic hydroxyl groups is 1. The Balaban J connectivity index is 1.47. The monoisotopic (exact) mass is 421 g/mol. The summed E-state index contributed by atoms with van der Waals surface area (Å²) in [5.74, 6) is 2.46. The fourth-order valence-electron chi connectivity index (χ4n) is 4.11. The number of ether oxygens (including phenoxy) is 2. The lowest BCUT2D eigenvalue weighted by Crippen LogP contribution is -2.35. The third kappa shape index (κ3) is 4.85. The summed E-state index contributed by atoms with van der Waals surface area (Å²) in [7, 11) is 1.65. The number of rotatable bonds is 7. The topological polar surface area (TPSA) is 70.6 Å². The highest BCUT2D eigenvalue weighted by atomic mass is 16.5. The number of nitrogens with one attached hydrogen (secondary N) is 1. The summed E-state index contributed by atoms with van der Waals surface area (Å²) in [5.41, 5.74) is 4.31. The zero-order valence-corrected chi connectivity index (χ0v) is 18.5. The van der Waals surface area contributed by atoms with Gasteiger partial charge in [-0.15, -0.1) is 0 Å². The fraction of sp³-hybridized carbons (Fsp3) is 0.400. The second-order valence-corrected chi connectivity index (χ2v) is 8.35. The first kappa shape index (κ1) is 21.2. The average Bonchev–Trinajstić information content (AvgIpc) is 3.16. The number of likely N-dealkylation sites (tertiary alicyclic amines) is 1. The number of aromatic nitrogens is 2. The maximum atomic E-state index is 10.7. The third-order valence-electron chi connectivity index (χ3n) is 6.10. The number of aryl methyl sites for hydroxylation is 1. The molecule has 0 bridgehead atoms. The van der Waals surface area contributed by atoms with Crippen molar-refractivity contribution < 1.29 is 14.6 Å². The summed E-state index contributed by atoms with van der Waals surface area (Å²) in [5, 5.41) is 18.2. The fourth-order valence-corrected chi connectivity index (χ4v) is 4.11. The van der Waals surface area contributed by atoms with Crippen molar-refractivity contribution in [1.29, 1.82) is 0 Å². The van der Waals surface area contributed by atoms with Gasteiger partial charge in [-0.25, -0.2) is 0 Å². The molecule has 0 atom stereocenters. The van der Waals surface area contributed by atoms with Crippen LogP contribution < -0.4 is 9.47 Å². The molecular weight excluding hydrogens is 390 g/mol. The molecule has 0 amide bonds. The molecule has 0 unspecified atom stereocenters. The number of aromatic amines is 1. The van der Waals surface area contributed by atoms with Crippen LogP contribution >= 0.6 is 0 Å². The van der Waals surface area contributed by atoms with Gasteiger partial charge in [-0.05, 0) is 68.6 Å². The number of methoxy groups -OCH3 is 1. The van der Waals surface area contributed by atoms with Gasteiger partial charge in [0.1, 0.15) is 29.5 Å². The second-order valence-electron chi connectivity index (χ2n) is 8.35. The Morgan fingerprint density at radius 3 is 2.48 bits per heavy atom. The van der Waals surface area contributed by atoms with Gasteiger partial charge >= 0.3 is 0 Å². The Bertz CT molecular complexity index is 1010. The van der Waals surface area contributed by atoms with Crippen molar-refractivity contribution in [3.05, 3.63) is 48.2 Å². The predicted octanol–water partition coefficient (Wildman–Crippen LogP) is 4.88. The van der Waals surface area contributed by atoms with Crippen LogP contribution in [0.15, 0.2) is 42.5 Å². The number of benzene rings is 2. The molecule has 2 heterocycles. The van der Waals surface area contributed by atoms with Crippen LogP contribution in [0.1, 0.15) is 25.5 Å². The summed E-state index contributed by atoms with van der Waals surface area (Å²) < 4.78 is 11.2. The van der Waals surface area contributed by atoms with Crippen molar-refractivity contribution in [3.8, 4) is 39.6 Å². The van der Waals surface area contributed by atoms with Gasteiger partial charge in [0.25, 0.3) is 0 Å². The first-order valence-electron chi connectivity index (χ1n) is 10.9. The van der Waals surface area contributed by atoms with E-state index in [9.17, 15) is 5.11 Å². The minimum atomic E-state index is 0.158. The van der Waals surface area contributed by atoms with E-state index in [1.54, 1.807) is 13.2 Å². The van der Waals surface area contributed by atoms with Gasteiger partial charge in [-0.2, -0.15) is 5.10 Å². The molecule has 0 radical (unpaired) electrons. The Morgan fingerprint density at radius 2 is 1.81 bits per heavy atom. The number of nitrogens with zero attached hydrogens (tertiary/aromatic N) is 2. The van der Waals surface area contributed by atoms with E-state index in [0.29, 0.717) is 23.6 Å². The number of phenolic OH excluding ortho intramolecular Hbond substituents is 1. The first-order valence-corrected chi connectivity index (χ1v) is 10.9. The van der Waals surface area contributed by atoms with Crippen LogP contribution in [0.5, 0.6) is 17.2 Å². The lowest BCUT2D eigenvalue weighted by molar-refractivity contribution is 0.160. The summed E-state index contributed by atoms with van der Waals surface area (Å²) in [6.45, 7) is 8.11. The van der Waals surface area contributed by atoms with E-state index in [0.717, 1.165) is 48.1 Å². The Hall–Kier alpha value is -2.99. The summed E-state index contributed by atoms with van der Waals surface area (Å²) in [6.07, 6.45) is 2.52. The SMILES string of the molecule is COc1ccc(-c2c(-c3ccc(OCCN4CCC(C)CC4)cc3O)n[nH]c2C)cc1. The highest BCUT2D eigenvalue weighted by molar-refractivity contribution is 5.85. The molecule has 4 rings (SSSR count). The Morgan fingerprint density at radius 1 is 1.10 bits per heavy atom. The van der Waals surface area contributed by atoms with E-state index in [1.807, 2.05) is 43.3 Å². The molecule has 0 aliphatic carbocycles. The molecule has 3 aromatic rings. The molecule has 1 saturated heterocycles. The van der Waals surface area contributed by atoms with Crippen LogP contribution in [0.25, 0.3) is 22.4 Å². The van der Waals surface area contributed by atoms with E-state index in [-0.39, 0.29) is 5.75 Å². The maximum Gasteiger partial charge on any atom is 0.128 e. The van der Waals surface area contributed by atoms with Crippen LogP contribution in [-0.2, 0) is 0 Å². The molecule has 0 spiro atoms. The van der Waals surface area contributed by atoms with Gasteiger partial charge in [-0.1, -0.05) is 19.1 Å². The molecule has 1 aliphatic heterocycles. The van der Waals surface area contributed by atoms with Crippen molar-refractivity contribution in [2.45, 2.75) is 26.7 Å². The summed E-state index contributed by atoms with van der Waals surface area (Å²) >= 11 is 0. The summed E-state index contributed by atoms with van der Waals surface area (Å²) in [6, 6.07) is 13.3. The molecule has 6 heteroatoms. The molecule has 2 aromatic carbocycles. The molecule has 164 valence electrons. The molecule has 1 aromatic heterocycles. The number of phenols is 1. The zero-order chi connectivity index (χ0) is 21.8. The Kier molecular flexibility index (Phi) is 6.47. The summed E-state index contributed by atoms with van der Waals surface area (Å²) in [4.78, 5) is 2.45. The van der Waals surface area contributed by atoms with Gasteiger partial charge in [0.2, 0.25) is 0 Å². The van der Waals surface area contributed by atoms with Crippen molar-refractivity contribution in [2.24, 2.45) is 5.92 Å². The third-order valence-corrected chi connectivity index (χ3v) is 6.10. The zero-order valence-electron chi connectivity index (χ0n) is 18.5. The lowest BCUT2D eigenvalue weighted by atomic mass is 9.98. The quantitative estimate of drug-likeness (QED) is 0.569. The van der Waals surface area contributed by atoms with Gasteiger partial charge < -0.3 is 14.6 Å². The molecule has 1 fully saturated rings. The second kappa shape index (κ2) is 9.43. The number of hydrogen-bond donors (Lipinski definition) is 2. The first-order chi connectivity index (χ1) is 15.0. The van der Waals surface area contributed by atoms with Gasteiger partial charge in [0, 0.05) is 29.4 Å². The standard InChI is InChI=1S/C25H31N3O3/c1-17-10-12-28(13-11-17)14-15-31-21-8-9-22(23(29)16-21)25-24(18(2)26-27-25)19-4-6-20(30-3)7-5-19/h4-9,16-17,29H,10-15H2,1-3H3,(H,26,27). The molecular formula is C25H31N3O3. The maximum absolute atomic E-state index is 10.7. The van der Waals surface area contributed by atoms with Crippen LogP contribution in [0.3, 0.4) is 0 Å². The average molecular weight is 422 g/mol. The largest absolute Gasteiger partial charge is 0.507 e. The predicted molar refractivity (Wildman–Crippen MR) is 123 cm³/mol. The van der Waals surface area contributed by atoms with Gasteiger partial charge in [-0.3, -0.25) is 10.00 Å². The number of H-pyrrole nitrogens is 1. The highest BCUT2D eigenvalue weighted by Gasteiger charge is 2.18. The molecule has 2 N–H and O–H groups in total. The van der Waals surface area contributed by atoms with E-state index in [2.05, 4.69) is 22.0 Å². The van der Waals surface area contributed by atoms with Gasteiger partial charge in [0.15, 0.2) is 0 Å². The van der Waals surface area contributed by atoms with Gasteiger partial charge in [0.05, 0.1) is 7.11 Å². The normalized spacial score (nSPS) is 15.2. The molecule has 6 nitrogen and oxygen atoms in total. The minimum Gasteiger partial charge on any atom is -0.507 e. The smallest absolute Gasteiger partial charge is 0.128 e. The van der Waals surface area contributed by atoms with Crippen LogP contribution in [-0.4, -0.2) is 53.6 Å². The van der Waals surface area contributed by atoms with Crippen molar-refractivity contribution >= 4 is 0 Å². The van der Waals surface area contributed by atoms with Crippen LogP contribution in [0.4, 0.5) is 0 Å². The van der Waals surface area contributed by atoms with E-state index in [1.165, 1.54) is 12.8 Å². The number of piperidine rings is 1. The lowest BCUT2D eigenvalue weighted by Gasteiger charge is -2.29. The minimum absolute atomic E-state index is 0.158. The van der Waals surface area contributed by atoms with Crippen molar-refractivity contribution in [3.63, 3.8) is 0 Å². The van der Waals surface area contributed by atoms with Crippen LogP contribution in [0.2, 0.25) is 0 Å². The molecule has 31 heavy (non-hydrogen) atoms. The molecule has 0 saturated carbocycles. The molecule has 1 aliphatic rings. The van der Waals surface area contributed by atoms with Crippen molar-refractivity contribution in [2.75, 3.05) is 33.4 Å². The van der Waals surface area contributed by atoms with E-state index < -0.39 is 0 Å². The van der Waals surface area contributed by atoms with E-state index in [4.69, 9.17) is 9.47 Å². The number of hydrogen-bond acceptors (Lipinski definition) is 5. The Labute approximate surface area is 183 Å². The van der Waals surface area contributed by atoms with Crippen molar-refractivity contribution in [1.82, 2.24) is 15.1 Å². The van der Waals surface area contributed by atoms with Crippen LogP contribution in [0, 0.1) is 12.8 Å².